The zero-order chi connectivity index (χ0) is 13.2. The van der Waals surface area contributed by atoms with E-state index in [0.717, 1.165) is 7.05 Å². The van der Waals surface area contributed by atoms with Crippen molar-refractivity contribution in [2.75, 3.05) is 13.6 Å². The lowest BCUT2D eigenvalue weighted by Gasteiger charge is -2.19. The van der Waals surface area contributed by atoms with Gasteiger partial charge >= 0.3 is 6.18 Å². The molecule has 0 aliphatic heterocycles. The summed E-state index contributed by atoms with van der Waals surface area (Å²) in [7, 11) is 1.08. The van der Waals surface area contributed by atoms with Crippen molar-refractivity contribution in [3.05, 3.63) is 28.5 Å². The topological polar surface area (TPSA) is 33.2 Å². The lowest BCUT2D eigenvalue weighted by molar-refractivity contribution is -0.138. The van der Waals surface area contributed by atoms with Crippen LogP contribution in [-0.4, -0.2) is 35.6 Å². The second-order valence-electron chi connectivity index (χ2n) is 3.60. The summed E-state index contributed by atoms with van der Waals surface area (Å²) in [5.41, 5.74) is 0.565. The van der Waals surface area contributed by atoms with Gasteiger partial charge in [0.25, 0.3) is 5.91 Å². The van der Waals surface area contributed by atoms with Crippen LogP contribution >= 0.6 is 11.6 Å². The van der Waals surface area contributed by atoms with Gasteiger partial charge < -0.3 is 4.90 Å². The first kappa shape index (κ1) is 13.8. The molecule has 0 aromatic carbocycles. The van der Waals surface area contributed by atoms with Crippen molar-refractivity contribution < 1.29 is 18.0 Å². The molecule has 0 atom stereocenters. The van der Waals surface area contributed by atoms with Gasteiger partial charge in [-0.05, 0) is 19.1 Å². The van der Waals surface area contributed by atoms with Crippen molar-refractivity contribution in [3.63, 3.8) is 0 Å². The quantitative estimate of drug-likeness (QED) is 0.771. The Balaban J connectivity index is 2.89. The molecule has 0 radical (unpaired) electrons. The number of nitrogens with zero attached hydrogens (tertiary/aromatic N) is 2. The summed E-state index contributed by atoms with van der Waals surface area (Å²) in [5, 5.41) is 0.0776. The van der Waals surface area contributed by atoms with Gasteiger partial charge in [0.1, 0.15) is 11.7 Å². The average molecular weight is 267 g/mol. The number of alkyl halides is 3. The third kappa shape index (κ3) is 4.22. The standard InChI is InChI=1S/C10H10ClF3N2O/c1-6-3-7(4-8(11)15-6)9(17)16(2)5-10(12,13)14/h3-4H,5H2,1-2H3. The molecule has 94 valence electrons. The molecule has 7 heteroatoms. The largest absolute Gasteiger partial charge is 0.406 e. The number of hydrogen-bond acceptors (Lipinski definition) is 2. The van der Waals surface area contributed by atoms with Gasteiger partial charge in [0, 0.05) is 18.3 Å². The number of aromatic nitrogens is 1. The second kappa shape index (κ2) is 4.91. The minimum atomic E-state index is -4.42. The number of rotatable bonds is 2. The minimum Gasteiger partial charge on any atom is -0.333 e. The molecule has 0 fully saturated rings. The Bertz CT molecular complexity index is 414. The number of carbonyl (C=O) groups excluding carboxylic acids is 1. The van der Waals surface area contributed by atoms with Gasteiger partial charge in [-0.2, -0.15) is 13.2 Å². The molecule has 0 aliphatic rings. The van der Waals surface area contributed by atoms with E-state index in [4.69, 9.17) is 11.6 Å². The lowest BCUT2D eigenvalue weighted by atomic mass is 10.2. The van der Waals surface area contributed by atoms with Crippen molar-refractivity contribution >= 4 is 17.5 Å². The second-order valence-corrected chi connectivity index (χ2v) is 3.98. The van der Waals surface area contributed by atoms with E-state index < -0.39 is 18.6 Å². The maximum absolute atomic E-state index is 12.1. The summed E-state index contributed by atoms with van der Waals surface area (Å²) >= 11 is 5.63. The van der Waals surface area contributed by atoms with E-state index in [0.29, 0.717) is 10.6 Å². The molecule has 0 unspecified atom stereocenters. The third-order valence-corrected chi connectivity index (χ3v) is 2.13. The maximum Gasteiger partial charge on any atom is 0.406 e. The van der Waals surface area contributed by atoms with E-state index >= 15 is 0 Å². The lowest BCUT2D eigenvalue weighted by Crippen LogP contribution is -2.35. The summed E-state index contributed by atoms with van der Waals surface area (Å²) in [6.07, 6.45) is -4.42. The maximum atomic E-state index is 12.1. The Morgan fingerprint density at radius 1 is 1.47 bits per heavy atom. The number of aryl methyl sites for hydroxylation is 1. The Hall–Kier alpha value is -1.30. The van der Waals surface area contributed by atoms with Crippen LogP contribution in [0.1, 0.15) is 16.1 Å². The van der Waals surface area contributed by atoms with Crippen LogP contribution in [0.25, 0.3) is 0 Å². The first-order chi connectivity index (χ1) is 7.69. The monoisotopic (exact) mass is 266 g/mol. The molecule has 0 aliphatic carbocycles. The van der Waals surface area contributed by atoms with Crippen molar-refractivity contribution in [1.82, 2.24) is 9.88 Å². The fourth-order valence-electron chi connectivity index (χ4n) is 1.31. The number of halogens is 4. The van der Waals surface area contributed by atoms with E-state index in [1.165, 1.54) is 12.1 Å². The van der Waals surface area contributed by atoms with Crippen LogP contribution < -0.4 is 0 Å². The van der Waals surface area contributed by atoms with Gasteiger partial charge in [0.2, 0.25) is 0 Å². The number of pyridine rings is 1. The molecule has 0 saturated heterocycles. The van der Waals surface area contributed by atoms with Gasteiger partial charge in [-0.1, -0.05) is 11.6 Å². The van der Waals surface area contributed by atoms with E-state index in [9.17, 15) is 18.0 Å². The molecule has 1 amide bonds. The number of amides is 1. The first-order valence-corrected chi connectivity index (χ1v) is 5.03. The minimum absolute atomic E-state index is 0.0776. The van der Waals surface area contributed by atoms with E-state index in [-0.39, 0.29) is 10.7 Å². The fraction of sp³-hybridized carbons (Fsp3) is 0.400. The molecule has 1 heterocycles. The highest BCUT2D eigenvalue weighted by Gasteiger charge is 2.31. The molecule has 0 bridgehead atoms. The Kier molecular flexibility index (Phi) is 3.98. The van der Waals surface area contributed by atoms with E-state index in [1.807, 2.05) is 0 Å². The summed E-state index contributed by atoms with van der Waals surface area (Å²) in [6, 6.07) is 2.63. The molecule has 0 N–H and O–H groups in total. The summed E-state index contributed by atoms with van der Waals surface area (Å²) in [5.74, 6) is -0.741. The highest BCUT2D eigenvalue weighted by Crippen LogP contribution is 2.18. The van der Waals surface area contributed by atoms with Crippen LogP contribution in [0.15, 0.2) is 12.1 Å². The summed E-state index contributed by atoms with van der Waals surface area (Å²) in [4.78, 5) is 16.1. The van der Waals surface area contributed by atoms with Crippen molar-refractivity contribution in [2.45, 2.75) is 13.1 Å². The van der Waals surface area contributed by atoms with Crippen molar-refractivity contribution in [1.29, 1.82) is 0 Å². The van der Waals surface area contributed by atoms with Gasteiger partial charge in [-0.25, -0.2) is 4.98 Å². The number of carbonyl (C=O) groups is 1. The average Bonchev–Trinajstić information content (AvgIpc) is 2.12. The normalized spacial score (nSPS) is 11.4. The summed E-state index contributed by atoms with van der Waals surface area (Å²) in [6.45, 7) is 0.303. The molecule has 1 aromatic rings. The Labute approximate surface area is 101 Å². The molecular weight excluding hydrogens is 257 g/mol. The van der Waals surface area contributed by atoms with Gasteiger partial charge in [-0.15, -0.1) is 0 Å². The van der Waals surface area contributed by atoms with Crippen molar-refractivity contribution in [2.24, 2.45) is 0 Å². The SMILES string of the molecule is Cc1cc(C(=O)N(C)CC(F)(F)F)cc(Cl)n1. The van der Waals surface area contributed by atoms with Crippen LogP contribution in [0.2, 0.25) is 5.15 Å². The molecule has 17 heavy (non-hydrogen) atoms. The van der Waals surface area contributed by atoms with Gasteiger partial charge in [0.15, 0.2) is 0 Å². The molecule has 1 rings (SSSR count). The first-order valence-electron chi connectivity index (χ1n) is 4.65. The van der Waals surface area contributed by atoms with Gasteiger partial charge in [0.05, 0.1) is 0 Å². The van der Waals surface area contributed by atoms with Crippen LogP contribution in [0.3, 0.4) is 0 Å². The number of hydrogen-bond donors (Lipinski definition) is 0. The van der Waals surface area contributed by atoms with E-state index in [1.54, 1.807) is 6.92 Å². The Morgan fingerprint density at radius 3 is 2.53 bits per heavy atom. The van der Waals surface area contributed by atoms with Crippen molar-refractivity contribution in [3.8, 4) is 0 Å². The summed E-state index contributed by atoms with van der Waals surface area (Å²) < 4.78 is 36.3. The van der Waals surface area contributed by atoms with Crippen LogP contribution in [0.5, 0.6) is 0 Å². The zero-order valence-corrected chi connectivity index (χ0v) is 9.93. The molecule has 0 spiro atoms. The molecule has 1 aromatic heterocycles. The third-order valence-electron chi connectivity index (χ3n) is 1.93. The Morgan fingerprint density at radius 2 is 2.06 bits per heavy atom. The highest BCUT2D eigenvalue weighted by atomic mass is 35.5. The van der Waals surface area contributed by atoms with Crippen LogP contribution in [-0.2, 0) is 0 Å². The fourth-order valence-corrected chi connectivity index (χ4v) is 1.56. The van der Waals surface area contributed by atoms with E-state index in [2.05, 4.69) is 4.98 Å². The molecule has 3 nitrogen and oxygen atoms in total. The highest BCUT2D eigenvalue weighted by molar-refractivity contribution is 6.29. The van der Waals surface area contributed by atoms with Crippen LogP contribution in [0.4, 0.5) is 13.2 Å². The predicted molar refractivity (Wildman–Crippen MR) is 57.0 cm³/mol. The predicted octanol–water partition coefficient (Wildman–Crippen LogP) is 2.68. The van der Waals surface area contributed by atoms with Gasteiger partial charge in [-0.3, -0.25) is 4.79 Å². The molecular formula is C10H10ClF3N2O. The smallest absolute Gasteiger partial charge is 0.333 e. The molecule has 0 saturated carbocycles. The van der Waals surface area contributed by atoms with Crippen LogP contribution in [0, 0.1) is 6.92 Å². The zero-order valence-electron chi connectivity index (χ0n) is 9.18.